The number of hydrogen-bond donors (Lipinski definition) is 1. The summed E-state index contributed by atoms with van der Waals surface area (Å²) in [5.41, 5.74) is -0.841. The fourth-order valence-corrected chi connectivity index (χ4v) is 3.20. The molecular weight excluding hydrogens is 334 g/mol. The molecule has 0 unspecified atom stereocenters. The maximum atomic E-state index is 12.4. The van der Waals surface area contributed by atoms with Gasteiger partial charge in [-0.1, -0.05) is 12.8 Å². The summed E-state index contributed by atoms with van der Waals surface area (Å²) >= 11 is 0. The summed E-state index contributed by atoms with van der Waals surface area (Å²) in [4.78, 5) is 36.8. The van der Waals surface area contributed by atoms with Crippen molar-refractivity contribution in [2.24, 2.45) is 0 Å². The van der Waals surface area contributed by atoms with Crippen molar-refractivity contribution in [1.82, 2.24) is 14.5 Å². The molecule has 0 saturated heterocycles. The lowest BCUT2D eigenvalue weighted by Crippen LogP contribution is -2.43. The molecule has 1 aromatic heterocycles. The highest BCUT2D eigenvalue weighted by Gasteiger charge is 2.18. The third-order valence-electron chi connectivity index (χ3n) is 4.52. The van der Waals surface area contributed by atoms with Gasteiger partial charge in [0.05, 0.1) is 6.61 Å². The molecule has 1 N–H and O–H groups in total. The molecule has 1 aliphatic carbocycles. The largest absolute Gasteiger partial charge is 0.494 e. The van der Waals surface area contributed by atoms with Gasteiger partial charge in [0.15, 0.2) is 0 Å². The van der Waals surface area contributed by atoms with Crippen LogP contribution in [0.2, 0.25) is 0 Å². The highest BCUT2D eigenvalue weighted by Crippen LogP contribution is 2.17. The molecule has 0 aliphatic heterocycles. The van der Waals surface area contributed by atoms with Crippen LogP contribution in [0.15, 0.2) is 46.2 Å². The Morgan fingerprint density at radius 1 is 1.12 bits per heavy atom. The maximum Gasteiger partial charge on any atom is 0.320 e. The predicted molar refractivity (Wildman–Crippen MR) is 97.9 cm³/mol. The zero-order chi connectivity index (χ0) is 18.5. The van der Waals surface area contributed by atoms with Crippen LogP contribution in [0, 0.1) is 0 Å². The Labute approximate surface area is 151 Å². The second-order valence-electron chi connectivity index (χ2n) is 6.38. The van der Waals surface area contributed by atoms with Crippen LogP contribution >= 0.6 is 0 Å². The summed E-state index contributed by atoms with van der Waals surface area (Å²) in [5.74, 6) is 0.457. The van der Waals surface area contributed by atoms with E-state index < -0.39 is 11.1 Å². The van der Waals surface area contributed by atoms with Crippen molar-refractivity contribution in [2.75, 3.05) is 6.61 Å². The zero-order valence-corrected chi connectivity index (χ0v) is 14.8. The Morgan fingerprint density at radius 2 is 1.81 bits per heavy atom. The first kappa shape index (κ1) is 18.0. The topological polar surface area (TPSA) is 82.3 Å². The first-order valence-corrected chi connectivity index (χ1v) is 8.93. The Kier molecular flexibility index (Phi) is 5.55. The number of amides is 1. The van der Waals surface area contributed by atoms with Gasteiger partial charge in [-0.05, 0) is 44.0 Å². The van der Waals surface area contributed by atoms with Gasteiger partial charge in [-0.3, -0.25) is 23.5 Å². The molecule has 1 aliphatic rings. The van der Waals surface area contributed by atoms with Crippen molar-refractivity contribution in [1.29, 1.82) is 0 Å². The molecule has 26 heavy (non-hydrogen) atoms. The summed E-state index contributed by atoms with van der Waals surface area (Å²) in [6, 6.07) is 7.09. The molecule has 0 spiro atoms. The number of carbonyl (C=O) groups is 1. The number of rotatable bonds is 6. The number of carbonyl (C=O) groups excluding carboxylic acids is 1. The summed E-state index contributed by atoms with van der Waals surface area (Å²) in [6.07, 6.45) is 7.14. The SMILES string of the molecule is CCOc1ccc(-n2ccn(CC(=O)NC3CCCC3)c(=O)c2=O)cc1. The molecule has 7 heteroatoms. The molecule has 3 rings (SSSR count). The van der Waals surface area contributed by atoms with Crippen molar-refractivity contribution in [3.05, 3.63) is 57.4 Å². The van der Waals surface area contributed by atoms with E-state index in [1.165, 1.54) is 17.0 Å². The zero-order valence-electron chi connectivity index (χ0n) is 14.8. The van der Waals surface area contributed by atoms with Gasteiger partial charge in [0.2, 0.25) is 5.91 Å². The lowest BCUT2D eigenvalue weighted by molar-refractivity contribution is -0.122. The minimum absolute atomic E-state index is 0.144. The van der Waals surface area contributed by atoms with Crippen LogP contribution in [0.5, 0.6) is 5.75 Å². The predicted octanol–water partition coefficient (Wildman–Crippen LogP) is 1.46. The molecular formula is C19H23N3O4. The van der Waals surface area contributed by atoms with Crippen LogP contribution in [0.3, 0.4) is 0 Å². The van der Waals surface area contributed by atoms with E-state index in [0.717, 1.165) is 30.3 Å². The van der Waals surface area contributed by atoms with E-state index in [9.17, 15) is 14.4 Å². The third-order valence-corrected chi connectivity index (χ3v) is 4.52. The summed E-state index contributed by atoms with van der Waals surface area (Å²) in [5, 5.41) is 2.92. The second kappa shape index (κ2) is 8.03. The molecule has 0 radical (unpaired) electrons. The van der Waals surface area contributed by atoms with E-state index in [1.807, 2.05) is 6.92 Å². The molecule has 1 amide bonds. The van der Waals surface area contributed by atoms with Crippen LogP contribution in [0.25, 0.3) is 5.69 Å². The van der Waals surface area contributed by atoms with E-state index in [-0.39, 0.29) is 18.5 Å². The monoisotopic (exact) mass is 357 g/mol. The minimum Gasteiger partial charge on any atom is -0.494 e. The fourth-order valence-electron chi connectivity index (χ4n) is 3.20. The quantitative estimate of drug-likeness (QED) is 0.794. The van der Waals surface area contributed by atoms with Crippen molar-refractivity contribution in [3.8, 4) is 11.4 Å². The number of nitrogens with one attached hydrogen (secondary N) is 1. The summed E-state index contributed by atoms with van der Waals surface area (Å²) in [6.45, 7) is 2.30. The highest BCUT2D eigenvalue weighted by molar-refractivity contribution is 5.76. The van der Waals surface area contributed by atoms with Crippen molar-refractivity contribution >= 4 is 5.91 Å². The van der Waals surface area contributed by atoms with Gasteiger partial charge in [-0.25, -0.2) is 0 Å². The van der Waals surface area contributed by atoms with E-state index in [2.05, 4.69) is 5.32 Å². The van der Waals surface area contributed by atoms with Gasteiger partial charge in [0.25, 0.3) is 0 Å². The van der Waals surface area contributed by atoms with Gasteiger partial charge in [-0.15, -0.1) is 0 Å². The van der Waals surface area contributed by atoms with Crippen LogP contribution < -0.4 is 21.2 Å². The Morgan fingerprint density at radius 3 is 2.46 bits per heavy atom. The highest BCUT2D eigenvalue weighted by atomic mass is 16.5. The molecule has 1 heterocycles. The smallest absolute Gasteiger partial charge is 0.320 e. The Hall–Kier alpha value is -2.83. The minimum atomic E-state index is -0.719. The lowest BCUT2D eigenvalue weighted by atomic mass is 10.2. The van der Waals surface area contributed by atoms with Crippen molar-refractivity contribution in [2.45, 2.75) is 45.2 Å². The average molecular weight is 357 g/mol. The number of ether oxygens (including phenoxy) is 1. The number of nitrogens with zero attached hydrogens (tertiary/aromatic N) is 2. The molecule has 2 aromatic rings. The third kappa shape index (κ3) is 4.04. The molecule has 1 fully saturated rings. The van der Waals surface area contributed by atoms with Crippen molar-refractivity contribution in [3.63, 3.8) is 0 Å². The Bertz CT molecular complexity index is 877. The van der Waals surface area contributed by atoms with E-state index in [1.54, 1.807) is 24.3 Å². The Balaban J connectivity index is 1.76. The molecule has 0 bridgehead atoms. The van der Waals surface area contributed by atoms with Gasteiger partial charge in [-0.2, -0.15) is 0 Å². The molecule has 1 saturated carbocycles. The molecule has 138 valence electrons. The van der Waals surface area contributed by atoms with Crippen molar-refractivity contribution < 1.29 is 9.53 Å². The van der Waals surface area contributed by atoms with Gasteiger partial charge < -0.3 is 10.1 Å². The van der Waals surface area contributed by atoms with Crippen LogP contribution in [-0.2, 0) is 11.3 Å². The van der Waals surface area contributed by atoms with Crippen LogP contribution in [0.1, 0.15) is 32.6 Å². The van der Waals surface area contributed by atoms with E-state index in [4.69, 9.17) is 4.74 Å². The molecule has 1 aromatic carbocycles. The number of hydrogen-bond acceptors (Lipinski definition) is 4. The summed E-state index contributed by atoms with van der Waals surface area (Å²) in [7, 11) is 0. The molecule has 0 atom stereocenters. The van der Waals surface area contributed by atoms with E-state index >= 15 is 0 Å². The first-order valence-electron chi connectivity index (χ1n) is 8.93. The normalized spacial score (nSPS) is 14.3. The second-order valence-corrected chi connectivity index (χ2v) is 6.38. The van der Waals surface area contributed by atoms with Crippen LogP contribution in [0.4, 0.5) is 0 Å². The fraction of sp³-hybridized carbons (Fsp3) is 0.421. The number of aromatic nitrogens is 2. The van der Waals surface area contributed by atoms with Gasteiger partial charge >= 0.3 is 11.1 Å². The first-order chi connectivity index (χ1) is 12.6. The van der Waals surface area contributed by atoms with Gasteiger partial charge in [0, 0.05) is 24.1 Å². The molecule has 7 nitrogen and oxygen atoms in total. The number of benzene rings is 1. The lowest BCUT2D eigenvalue weighted by Gasteiger charge is -2.13. The van der Waals surface area contributed by atoms with Crippen LogP contribution in [-0.4, -0.2) is 27.7 Å². The average Bonchev–Trinajstić information content (AvgIpc) is 3.13. The van der Waals surface area contributed by atoms with Gasteiger partial charge in [0.1, 0.15) is 12.3 Å². The van der Waals surface area contributed by atoms with E-state index in [0.29, 0.717) is 18.0 Å². The maximum absolute atomic E-state index is 12.4. The standard InChI is InChI=1S/C19H23N3O4/c1-2-26-16-9-7-15(8-10-16)22-12-11-21(18(24)19(22)25)13-17(23)20-14-5-3-4-6-14/h7-12,14H,2-6,13H2,1H3,(H,20,23). The summed E-state index contributed by atoms with van der Waals surface area (Å²) < 4.78 is 7.79.